The van der Waals surface area contributed by atoms with Gasteiger partial charge in [0, 0.05) is 20.3 Å². The molecule has 4 N–H and O–H groups in total. The molecule has 322 valence electrons. The maximum absolute atomic E-state index is 6.33. The second-order valence-electron chi connectivity index (χ2n) is 19.1. The molecule has 7 heteroatoms. The molecule has 4 aliphatic rings. The summed E-state index contributed by atoms with van der Waals surface area (Å²) in [6.45, 7) is 8.40. The topological polar surface area (TPSA) is 70.5 Å². The quantitative estimate of drug-likeness (QED) is 0.131. The summed E-state index contributed by atoms with van der Waals surface area (Å²) in [6, 6.07) is 39.6. The van der Waals surface area contributed by atoms with E-state index in [0.29, 0.717) is 0 Å². The van der Waals surface area contributed by atoms with Crippen LogP contribution in [0.25, 0.3) is 22.3 Å². The molecule has 0 bridgehead atoms. The largest absolute Gasteiger partial charge is 0.494 e. The lowest BCUT2D eigenvalue weighted by Gasteiger charge is -2.32. The molecule has 1 aliphatic heterocycles. The van der Waals surface area contributed by atoms with Crippen molar-refractivity contribution in [2.75, 3.05) is 11.5 Å². The first-order valence-corrected chi connectivity index (χ1v) is 24.7. The predicted molar refractivity (Wildman–Crippen MR) is 268 cm³/mol. The average Bonchev–Trinajstić information content (AvgIpc) is 3.50. The van der Waals surface area contributed by atoms with E-state index in [0.717, 1.165) is 43.5 Å². The van der Waals surface area contributed by atoms with E-state index >= 15 is 0 Å². The van der Waals surface area contributed by atoms with Crippen molar-refractivity contribution in [1.29, 1.82) is 0 Å². The third-order valence-corrected chi connectivity index (χ3v) is 14.9. The van der Waals surface area contributed by atoms with Gasteiger partial charge in [-0.2, -0.15) is 0 Å². The minimum atomic E-state index is -0.264. The first-order valence-electron chi connectivity index (χ1n) is 23.1. The SMILES string of the molecule is CC1(C)OB(c2ccc(C3CCCCC3)cc2)OC1(C)C.Nc1cc(-c2ccc(C3CCCCC3)cc2)cc(-c2ccc(C3CCCCC3)cc2)c1.Nc1cc(Br)cc(Br)c1. The Labute approximate surface area is 384 Å². The van der Waals surface area contributed by atoms with Gasteiger partial charge in [-0.15, -0.1) is 0 Å². The highest BCUT2D eigenvalue weighted by Gasteiger charge is 2.51. The van der Waals surface area contributed by atoms with Crippen molar-refractivity contribution in [1.82, 2.24) is 0 Å². The lowest BCUT2D eigenvalue weighted by Crippen LogP contribution is -2.41. The molecular formula is C54H67BBr2N2O2. The van der Waals surface area contributed by atoms with Crippen molar-refractivity contribution < 1.29 is 9.31 Å². The van der Waals surface area contributed by atoms with Gasteiger partial charge >= 0.3 is 7.12 Å². The molecule has 0 aromatic heterocycles. The fourth-order valence-corrected chi connectivity index (χ4v) is 11.0. The monoisotopic (exact) mass is 944 g/mol. The first kappa shape index (κ1) is 45.7. The van der Waals surface area contributed by atoms with Gasteiger partial charge in [-0.1, -0.05) is 162 Å². The molecule has 1 heterocycles. The molecular weight excluding hydrogens is 879 g/mol. The number of halogens is 2. The normalized spacial score (nSPS) is 19.3. The third-order valence-electron chi connectivity index (χ3n) is 14.0. The van der Waals surface area contributed by atoms with Crippen LogP contribution in [0.5, 0.6) is 0 Å². The van der Waals surface area contributed by atoms with Crippen LogP contribution < -0.4 is 16.9 Å². The van der Waals surface area contributed by atoms with Gasteiger partial charge in [0.2, 0.25) is 0 Å². The fraction of sp³-hybridized carbons (Fsp3) is 0.444. The van der Waals surface area contributed by atoms with Gasteiger partial charge in [0.15, 0.2) is 0 Å². The standard InChI is InChI=1S/C30H35N.C18H27BO2.C6H5Br2N/c31-30-20-28(26-15-11-24(12-16-26)22-7-3-1-4-8-22)19-29(21-30)27-17-13-25(14-18-27)23-9-5-2-6-10-23;1-17(2)18(3,4)21-19(20-17)16-12-10-15(11-13-16)14-8-6-5-7-9-14;7-4-1-5(8)3-6(9)2-4/h11-23H,1-10,31H2;10-14H,5-9H2,1-4H3;1-3H,9H2. The Morgan fingerprint density at radius 1 is 0.426 bits per heavy atom. The highest BCUT2D eigenvalue weighted by Crippen LogP contribution is 2.39. The predicted octanol–water partition coefficient (Wildman–Crippen LogP) is 15.5. The molecule has 5 aromatic rings. The second-order valence-corrected chi connectivity index (χ2v) is 20.9. The van der Waals surface area contributed by atoms with E-state index in [9.17, 15) is 0 Å². The lowest BCUT2D eigenvalue weighted by atomic mass is 9.77. The summed E-state index contributed by atoms with van der Waals surface area (Å²) in [4.78, 5) is 0. The van der Waals surface area contributed by atoms with E-state index in [1.807, 2.05) is 18.2 Å². The summed E-state index contributed by atoms with van der Waals surface area (Å²) in [5.41, 5.74) is 23.5. The molecule has 1 saturated heterocycles. The minimum Gasteiger partial charge on any atom is -0.399 e. The van der Waals surface area contributed by atoms with Crippen molar-refractivity contribution in [3.05, 3.63) is 135 Å². The zero-order valence-corrected chi connectivity index (χ0v) is 40.2. The number of nitrogen functional groups attached to an aromatic ring is 2. The Bertz CT molecular complexity index is 2010. The van der Waals surface area contributed by atoms with Crippen LogP contribution in [0.3, 0.4) is 0 Å². The Morgan fingerprint density at radius 3 is 1.10 bits per heavy atom. The number of anilines is 2. The minimum absolute atomic E-state index is 0.240. The number of hydrogen-bond donors (Lipinski definition) is 2. The van der Waals surface area contributed by atoms with Crippen LogP contribution in [0.4, 0.5) is 11.4 Å². The Kier molecular flexibility index (Phi) is 15.6. The van der Waals surface area contributed by atoms with Gasteiger partial charge < -0.3 is 20.8 Å². The Hall–Kier alpha value is -3.36. The highest BCUT2D eigenvalue weighted by atomic mass is 79.9. The molecule has 0 unspecified atom stereocenters. The summed E-state index contributed by atoms with van der Waals surface area (Å²) in [5.74, 6) is 2.26. The molecule has 0 spiro atoms. The van der Waals surface area contributed by atoms with Crippen molar-refractivity contribution in [3.8, 4) is 22.3 Å². The maximum atomic E-state index is 6.33. The molecule has 9 rings (SSSR count). The fourth-order valence-electron chi connectivity index (χ4n) is 9.67. The summed E-state index contributed by atoms with van der Waals surface area (Å²) in [6.07, 6.45) is 20.6. The van der Waals surface area contributed by atoms with Gasteiger partial charge in [0.25, 0.3) is 0 Å². The molecule has 61 heavy (non-hydrogen) atoms. The van der Waals surface area contributed by atoms with E-state index < -0.39 is 0 Å². The zero-order valence-electron chi connectivity index (χ0n) is 37.0. The van der Waals surface area contributed by atoms with Gasteiger partial charge in [0.1, 0.15) is 0 Å². The number of rotatable bonds is 6. The lowest BCUT2D eigenvalue weighted by molar-refractivity contribution is 0.00578. The molecule has 0 atom stereocenters. The van der Waals surface area contributed by atoms with Gasteiger partial charge in [-0.05, 0) is 165 Å². The zero-order chi connectivity index (χ0) is 43.0. The van der Waals surface area contributed by atoms with E-state index in [1.54, 1.807) is 0 Å². The van der Waals surface area contributed by atoms with Crippen LogP contribution >= 0.6 is 31.9 Å². The van der Waals surface area contributed by atoms with Gasteiger partial charge in [0.05, 0.1) is 11.2 Å². The molecule has 4 fully saturated rings. The van der Waals surface area contributed by atoms with E-state index in [4.69, 9.17) is 20.8 Å². The molecule has 0 radical (unpaired) electrons. The van der Waals surface area contributed by atoms with Crippen molar-refractivity contribution >= 4 is 55.8 Å². The molecule has 0 amide bonds. The summed E-state index contributed by atoms with van der Waals surface area (Å²) in [7, 11) is -0.240. The van der Waals surface area contributed by atoms with Crippen LogP contribution in [0.1, 0.15) is 158 Å². The number of benzene rings is 5. The first-order chi connectivity index (χ1) is 29.3. The number of hydrogen-bond acceptors (Lipinski definition) is 4. The third kappa shape index (κ3) is 12.2. The van der Waals surface area contributed by atoms with Gasteiger partial charge in [-0.3, -0.25) is 0 Å². The van der Waals surface area contributed by atoms with Crippen molar-refractivity contribution in [2.45, 2.75) is 153 Å². The van der Waals surface area contributed by atoms with Crippen molar-refractivity contribution in [2.24, 2.45) is 0 Å². The second kappa shape index (κ2) is 20.9. The van der Waals surface area contributed by atoms with E-state index in [-0.39, 0.29) is 18.3 Å². The molecule has 4 nitrogen and oxygen atoms in total. The van der Waals surface area contributed by atoms with Crippen LogP contribution in [-0.4, -0.2) is 18.3 Å². The van der Waals surface area contributed by atoms with Crippen molar-refractivity contribution in [3.63, 3.8) is 0 Å². The van der Waals surface area contributed by atoms with Crippen LogP contribution in [-0.2, 0) is 9.31 Å². The summed E-state index contributed by atoms with van der Waals surface area (Å²) < 4.78 is 14.2. The Morgan fingerprint density at radius 2 is 0.754 bits per heavy atom. The van der Waals surface area contributed by atoms with Crippen LogP contribution in [0, 0.1) is 0 Å². The highest BCUT2D eigenvalue weighted by molar-refractivity contribution is 9.11. The average molecular weight is 947 g/mol. The van der Waals surface area contributed by atoms with E-state index in [2.05, 4.69) is 151 Å². The van der Waals surface area contributed by atoms with E-state index in [1.165, 1.54) is 135 Å². The molecule has 3 saturated carbocycles. The molecule has 3 aliphatic carbocycles. The smallest absolute Gasteiger partial charge is 0.399 e. The van der Waals surface area contributed by atoms with Crippen LogP contribution in [0.15, 0.2) is 118 Å². The van der Waals surface area contributed by atoms with Gasteiger partial charge in [-0.25, -0.2) is 0 Å². The molecule has 5 aromatic carbocycles. The summed E-state index contributed by atoms with van der Waals surface area (Å²) in [5, 5.41) is 0. The Balaban J connectivity index is 0.000000160. The summed E-state index contributed by atoms with van der Waals surface area (Å²) >= 11 is 6.61. The maximum Gasteiger partial charge on any atom is 0.494 e. The number of nitrogens with two attached hydrogens (primary N) is 2. The van der Waals surface area contributed by atoms with Crippen LogP contribution in [0.2, 0.25) is 0 Å².